The minimum Gasteiger partial charge on any atom is -0.370 e. The molecule has 7 heteroatoms. The van der Waals surface area contributed by atoms with Gasteiger partial charge >= 0.3 is 0 Å². The predicted octanol–water partition coefficient (Wildman–Crippen LogP) is 3.00. The van der Waals surface area contributed by atoms with Gasteiger partial charge in [-0.3, -0.25) is 10.1 Å². The van der Waals surface area contributed by atoms with Crippen molar-refractivity contribution < 1.29 is 4.92 Å². The van der Waals surface area contributed by atoms with Gasteiger partial charge in [-0.2, -0.15) is 0 Å². The molecule has 22 heavy (non-hydrogen) atoms. The number of hydrogen-bond acceptors (Lipinski definition) is 6. The van der Waals surface area contributed by atoms with E-state index in [1.807, 2.05) is 25.1 Å². The fourth-order valence-corrected chi connectivity index (χ4v) is 1.99. The maximum absolute atomic E-state index is 10.6. The van der Waals surface area contributed by atoms with E-state index in [2.05, 4.69) is 20.6 Å². The third-order valence-electron chi connectivity index (χ3n) is 3.14. The summed E-state index contributed by atoms with van der Waals surface area (Å²) in [4.78, 5) is 18.5. The van der Waals surface area contributed by atoms with Crippen LogP contribution in [0, 0.1) is 17.0 Å². The van der Waals surface area contributed by atoms with E-state index in [0.717, 1.165) is 37.3 Å². The quantitative estimate of drug-likeness (QED) is 0.442. The standard InChI is InChI=1S/C15H19N5O2/c1-12-10-13(20(21)22)11-19-15(12)18-9-5-4-8-17-14-6-2-3-7-16-14/h2-3,6-7,10-11H,4-5,8-9H2,1H3,(H,16,17)(H,18,19). The summed E-state index contributed by atoms with van der Waals surface area (Å²) in [5.41, 5.74) is 0.795. The third kappa shape index (κ3) is 4.69. The van der Waals surface area contributed by atoms with Crippen LogP contribution in [0.15, 0.2) is 36.7 Å². The second-order valence-corrected chi connectivity index (χ2v) is 4.89. The predicted molar refractivity (Wildman–Crippen MR) is 86.1 cm³/mol. The minimum absolute atomic E-state index is 0.0163. The number of pyridine rings is 2. The van der Waals surface area contributed by atoms with Crippen LogP contribution in [0.3, 0.4) is 0 Å². The second-order valence-electron chi connectivity index (χ2n) is 4.89. The van der Waals surface area contributed by atoms with Crippen LogP contribution < -0.4 is 10.6 Å². The second kappa shape index (κ2) is 7.92. The number of aromatic nitrogens is 2. The van der Waals surface area contributed by atoms with Crippen molar-refractivity contribution in [3.63, 3.8) is 0 Å². The van der Waals surface area contributed by atoms with Crippen LogP contribution in [-0.4, -0.2) is 28.0 Å². The van der Waals surface area contributed by atoms with Crippen LogP contribution in [0.4, 0.5) is 17.3 Å². The van der Waals surface area contributed by atoms with Crippen molar-refractivity contribution in [2.24, 2.45) is 0 Å². The van der Waals surface area contributed by atoms with Crippen LogP contribution >= 0.6 is 0 Å². The average Bonchev–Trinajstić information content (AvgIpc) is 2.52. The van der Waals surface area contributed by atoms with Crippen molar-refractivity contribution in [1.82, 2.24) is 9.97 Å². The Balaban J connectivity index is 1.67. The maximum atomic E-state index is 10.6. The molecule has 0 atom stereocenters. The van der Waals surface area contributed by atoms with Crippen molar-refractivity contribution >= 4 is 17.3 Å². The lowest BCUT2D eigenvalue weighted by molar-refractivity contribution is -0.385. The molecule has 0 amide bonds. The molecule has 0 aliphatic heterocycles. The van der Waals surface area contributed by atoms with E-state index < -0.39 is 4.92 Å². The number of nitrogens with zero attached hydrogens (tertiary/aromatic N) is 3. The topological polar surface area (TPSA) is 93.0 Å². The molecule has 7 nitrogen and oxygen atoms in total. The van der Waals surface area contributed by atoms with Gasteiger partial charge in [-0.15, -0.1) is 0 Å². The SMILES string of the molecule is Cc1cc([N+](=O)[O-])cnc1NCCCCNc1ccccn1. The first-order chi connectivity index (χ1) is 10.7. The summed E-state index contributed by atoms with van der Waals surface area (Å²) in [6.07, 6.45) is 5.00. The van der Waals surface area contributed by atoms with Gasteiger partial charge in [0.05, 0.1) is 4.92 Å². The Bertz CT molecular complexity index is 619. The molecule has 0 aliphatic carbocycles. The van der Waals surface area contributed by atoms with Gasteiger partial charge in [0.1, 0.15) is 17.8 Å². The lowest BCUT2D eigenvalue weighted by atomic mass is 10.2. The molecule has 2 aromatic rings. The number of anilines is 2. The molecule has 0 aliphatic rings. The Hall–Kier alpha value is -2.70. The average molecular weight is 301 g/mol. The molecule has 0 saturated carbocycles. The van der Waals surface area contributed by atoms with Gasteiger partial charge in [-0.1, -0.05) is 6.07 Å². The van der Waals surface area contributed by atoms with Gasteiger partial charge in [-0.25, -0.2) is 9.97 Å². The Morgan fingerprint density at radius 3 is 2.59 bits per heavy atom. The van der Waals surface area contributed by atoms with Gasteiger partial charge in [0.25, 0.3) is 5.69 Å². The highest BCUT2D eigenvalue weighted by atomic mass is 16.6. The molecule has 0 fully saturated rings. The molecule has 0 radical (unpaired) electrons. The molecule has 2 heterocycles. The summed E-state index contributed by atoms with van der Waals surface area (Å²) in [6, 6.07) is 7.29. The first-order valence-electron chi connectivity index (χ1n) is 7.16. The van der Waals surface area contributed by atoms with Gasteiger partial charge in [0.15, 0.2) is 0 Å². The lowest BCUT2D eigenvalue weighted by Gasteiger charge is -2.08. The fraction of sp³-hybridized carbons (Fsp3) is 0.333. The van der Waals surface area contributed by atoms with Crippen LogP contribution in [0.2, 0.25) is 0 Å². The maximum Gasteiger partial charge on any atom is 0.287 e. The molecular weight excluding hydrogens is 282 g/mol. The van der Waals surface area contributed by atoms with E-state index in [1.54, 1.807) is 6.20 Å². The summed E-state index contributed by atoms with van der Waals surface area (Å²) >= 11 is 0. The third-order valence-corrected chi connectivity index (χ3v) is 3.14. The van der Waals surface area contributed by atoms with Crippen LogP contribution in [0.25, 0.3) is 0 Å². The first kappa shape index (κ1) is 15.7. The Morgan fingerprint density at radius 1 is 1.18 bits per heavy atom. The highest BCUT2D eigenvalue weighted by Crippen LogP contribution is 2.17. The number of rotatable bonds is 8. The van der Waals surface area contributed by atoms with Crippen LogP contribution in [0.1, 0.15) is 18.4 Å². The van der Waals surface area contributed by atoms with Crippen molar-refractivity contribution in [2.45, 2.75) is 19.8 Å². The van der Waals surface area contributed by atoms with Crippen molar-refractivity contribution in [3.8, 4) is 0 Å². The normalized spacial score (nSPS) is 10.2. The molecular formula is C15H19N5O2. The van der Waals surface area contributed by atoms with E-state index in [9.17, 15) is 10.1 Å². The van der Waals surface area contributed by atoms with Crippen molar-refractivity contribution in [3.05, 3.63) is 52.3 Å². The number of nitro groups is 1. The van der Waals surface area contributed by atoms with Crippen molar-refractivity contribution in [2.75, 3.05) is 23.7 Å². The number of unbranched alkanes of at least 4 members (excludes halogenated alkanes) is 1. The van der Waals surface area contributed by atoms with E-state index >= 15 is 0 Å². The Kier molecular flexibility index (Phi) is 5.65. The summed E-state index contributed by atoms with van der Waals surface area (Å²) in [6.45, 7) is 3.44. The van der Waals surface area contributed by atoms with Gasteiger partial charge in [-0.05, 0) is 37.5 Å². The summed E-state index contributed by atoms with van der Waals surface area (Å²) in [7, 11) is 0. The van der Waals surface area contributed by atoms with Crippen LogP contribution in [-0.2, 0) is 0 Å². The zero-order valence-electron chi connectivity index (χ0n) is 12.5. The highest BCUT2D eigenvalue weighted by Gasteiger charge is 2.08. The lowest BCUT2D eigenvalue weighted by Crippen LogP contribution is -2.08. The largest absolute Gasteiger partial charge is 0.370 e. The van der Waals surface area contributed by atoms with Gasteiger partial charge < -0.3 is 10.6 Å². The summed E-state index contributed by atoms with van der Waals surface area (Å²) in [5, 5.41) is 17.1. The molecule has 2 aromatic heterocycles. The Labute approximate surface area is 129 Å². The number of aryl methyl sites for hydroxylation is 1. The van der Waals surface area contributed by atoms with Crippen molar-refractivity contribution in [1.29, 1.82) is 0 Å². The monoisotopic (exact) mass is 301 g/mol. The van der Waals surface area contributed by atoms with Gasteiger partial charge in [0.2, 0.25) is 0 Å². The van der Waals surface area contributed by atoms with E-state index in [-0.39, 0.29) is 5.69 Å². The van der Waals surface area contributed by atoms with Crippen LogP contribution in [0.5, 0.6) is 0 Å². The summed E-state index contributed by atoms with van der Waals surface area (Å²) < 4.78 is 0. The Morgan fingerprint density at radius 2 is 1.95 bits per heavy atom. The fourth-order valence-electron chi connectivity index (χ4n) is 1.99. The number of nitrogens with one attached hydrogen (secondary N) is 2. The summed E-state index contributed by atoms with van der Waals surface area (Å²) in [5.74, 6) is 1.58. The highest BCUT2D eigenvalue weighted by molar-refractivity contribution is 5.48. The zero-order chi connectivity index (χ0) is 15.8. The van der Waals surface area contributed by atoms with E-state index in [1.165, 1.54) is 12.3 Å². The molecule has 0 aromatic carbocycles. The van der Waals surface area contributed by atoms with E-state index in [0.29, 0.717) is 5.82 Å². The number of hydrogen-bond donors (Lipinski definition) is 2. The molecule has 116 valence electrons. The molecule has 2 N–H and O–H groups in total. The van der Waals surface area contributed by atoms with Gasteiger partial charge in [0, 0.05) is 25.4 Å². The molecule has 0 spiro atoms. The van der Waals surface area contributed by atoms with E-state index in [4.69, 9.17) is 0 Å². The molecule has 0 unspecified atom stereocenters. The molecule has 0 saturated heterocycles. The first-order valence-corrected chi connectivity index (χ1v) is 7.16. The zero-order valence-corrected chi connectivity index (χ0v) is 12.5. The molecule has 2 rings (SSSR count). The minimum atomic E-state index is -0.437. The molecule has 0 bridgehead atoms. The smallest absolute Gasteiger partial charge is 0.287 e.